The van der Waals surface area contributed by atoms with Crippen LogP contribution in [0.4, 0.5) is 5.82 Å². The summed E-state index contributed by atoms with van der Waals surface area (Å²) in [5.74, 6) is 1.16. The predicted octanol–water partition coefficient (Wildman–Crippen LogP) is 2.64. The fourth-order valence-electron chi connectivity index (χ4n) is 2.86. The maximum Gasteiger partial charge on any atom is 0.252 e. The molecule has 1 amide bonds. The molecule has 1 aliphatic rings. The molecule has 0 saturated carbocycles. The summed E-state index contributed by atoms with van der Waals surface area (Å²) in [6.45, 7) is 5.69. The van der Waals surface area contributed by atoms with Crippen LogP contribution >= 0.6 is 11.3 Å². The lowest BCUT2D eigenvalue weighted by Gasteiger charge is -2.24. The van der Waals surface area contributed by atoms with Crippen molar-refractivity contribution in [2.75, 3.05) is 24.5 Å². The van der Waals surface area contributed by atoms with Gasteiger partial charge in [0.05, 0.1) is 5.56 Å². The summed E-state index contributed by atoms with van der Waals surface area (Å²) in [6.07, 6.45) is 2.36. The van der Waals surface area contributed by atoms with Crippen LogP contribution in [0.15, 0.2) is 35.8 Å². The molecule has 0 aliphatic carbocycles. The van der Waals surface area contributed by atoms with E-state index in [0.717, 1.165) is 12.4 Å². The van der Waals surface area contributed by atoms with Gasteiger partial charge in [-0.15, -0.1) is 11.3 Å². The number of carbonyl (C=O) groups excluding carboxylic acids is 1. The summed E-state index contributed by atoms with van der Waals surface area (Å²) in [7, 11) is 0. The van der Waals surface area contributed by atoms with Gasteiger partial charge in [0.1, 0.15) is 11.4 Å². The number of aliphatic hydroxyl groups is 1. The van der Waals surface area contributed by atoms with Gasteiger partial charge < -0.3 is 15.3 Å². The van der Waals surface area contributed by atoms with Gasteiger partial charge in [0, 0.05) is 36.1 Å². The first-order valence-electron chi connectivity index (χ1n) is 8.22. The lowest BCUT2D eigenvalue weighted by Crippen LogP contribution is -2.45. The molecule has 1 atom stereocenters. The fraction of sp³-hybridized carbons (Fsp3) is 0.444. The van der Waals surface area contributed by atoms with Gasteiger partial charge in [-0.3, -0.25) is 4.79 Å². The minimum atomic E-state index is -0.913. The molecule has 6 heteroatoms. The van der Waals surface area contributed by atoms with E-state index < -0.39 is 5.60 Å². The smallest absolute Gasteiger partial charge is 0.252 e. The maximum atomic E-state index is 12.3. The summed E-state index contributed by atoms with van der Waals surface area (Å²) in [5, 5.41) is 15.5. The Bertz CT molecular complexity index is 701. The Hall–Kier alpha value is -1.92. The molecule has 128 valence electrons. The van der Waals surface area contributed by atoms with Gasteiger partial charge in [-0.05, 0) is 30.5 Å². The summed E-state index contributed by atoms with van der Waals surface area (Å²) < 4.78 is 0. The van der Waals surface area contributed by atoms with Gasteiger partial charge in [0.2, 0.25) is 0 Å². The lowest BCUT2D eigenvalue weighted by molar-refractivity contribution is 0.0576. The number of aromatic nitrogens is 1. The Balaban J connectivity index is 1.57. The van der Waals surface area contributed by atoms with Crippen molar-refractivity contribution in [3.05, 3.63) is 46.3 Å². The first-order valence-corrected chi connectivity index (χ1v) is 9.10. The monoisotopic (exact) mass is 345 g/mol. The van der Waals surface area contributed by atoms with Gasteiger partial charge in [-0.2, -0.15) is 0 Å². The molecule has 1 saturated heterocycles. The quantitative estimate of drug-likeness (QED) is 0.874. The van der Waals surface area contributed by atoms with Gasteiger partial charge in [0.15, 0.2) is 0 Å². The van der Waals surface area contributed by atoms with E-state index in [1.807, 2.05) is 34.5 Å². The number of amides is 1. The summed E-state index contributed by atoms with van der Waals surface area (Å²) in [6, 6.07) is 7.68. The molecule has 1 fully saturated rings. The van der Waals surface area contributed by atoms with E-state index in [2.05, 4.69) is 24.1 Å². The maximum absolute atomic E-state index is 12.3. The van der Waals surface area contributed by atoms with E-state index in [0.29, 0.717) is 24.4 Å². The molecular weight excluding hydrogens is 322 g/mol. The topological polar surface area (TPSA) is 65.5 Å². The van der Waals surface area contributed by atoms with Crippen molar-refractivity contribution in [3.8, 4) is 0 Å². The van der Waals surface area contributed by atoms with E-state index >= 15 is 0 Å². The van der Waals surface area contributed by atoms with Crippen LogP contribution in [0.3, 0.4) is 0 Å². The van der Waals surface area contributed by atoms with Crippen LogP contribution in [0, 0.1) is 0 Å². The van der Waals surface area contributed by atoms with Crippen molar-refractivity contribution in [3.63, 3.8) is 0 Å². The van der Waals surface area contributed by atoms with Crippen molar-refractivity contribution >= 4 is 23.1 Å². The SMILES string of the molecule is CC(C)c1cc(C(=O)NC[C@]2(O)CCN(c3ccccn3)C2)cs1. The van der Waals surface area contributed by atoms with Gasteiger partial charge in [-0.1, -0.05) is 19.9 Å². The predicted molar refractivity (Wildman–Crippen MR) is 96.8 cm³/mol. The largest absolute Gasteiger partial charge is 0.386 e. The summed E-state index contributed by atoms with van der Waals surface area (Å²) in [5.41, 5.74) is -0.240. The molecule has 0 radical (unpaired) electrons. The molecule has 1 aliphatic heterocycles. The second kappa shape index (κ2) is 6.91. The number of rotatable bonds is 5. The molecule has 2 aromatic rings. The number of anilines is 1. The second-order valence-electron chi connectivity index (χ2n) is 6.66. The Kier molecular flexibility index (Phi) is 4.87. The standard InChI is InChI=1S/C18H23N3O2S/c1-13(2)15-9-14(10-24-15)17(22)20-11-18(23)6-8-21(12-18)16-5-3-4-7-19-16/h3-5,7,9-10,13,23H,6,8,11-12H2,1-2H3,(H,20,22)/t18-/m1/s1. The highest BCUT2D eigenvalue weighted by molar-refractivity contribution is 7.10. The molecule has 2 aromatic heterocycles. The number of hydrogen-bond donors (Lipinski definition) is 2. The van der Waals surface area contributed by atoms with Crippen molar-refractivity contribution in [2.45, 2.75) is 31.8 Å². The third kappa shape index (κ3) is 3.76. The van der Waals surface area contributed by atoms with E-state index in [4.69, 9.17) is 0 Å². The Labute approximate surface area is 146 Å². The zero-order chi connectivity index (χ0) is 17.2. The van der Waals surface area contributed by atoms with Crippen LogP contribution in [-0.2, 0) is 0 Å². The number of hydrogen-bond acceptors (Lipinski definition) is 5. The Morgan fingerprint density at radius 2 is 2.33 bits per heavy atom. The first kappa shape index (κ1) is 16.9. The summed E-state index contributed by atoms with van der Waals surface area (Å²) in [4.78, 5) is 19.9. The first-order chi connectivity index (χ1) is 11.5. The lowest BCUT2D eigenvalue weighted by atomic mass is 10.0. The number of thiophene rings is 1. The minimum absolute atomic E-state index is 0.122. The van der Waals surface area contributed by atoms with Gasteiger partial charge in [-0.25, -0.2) is 4.98 Å². The number of nitrogens with one attached hydrogen (secondary N) is 1. The number of nitrogens with zero attached hydrogens (tertiary/aromatic N) is 2. The number of pyridine rings is 1. The molecular formula is C18H23N3O2S. The van der Waals surface area contributed by atoms with Crippen LogP contribution in [0.2, 0.25) is 0 Å². The molecule has 2 N–H and O–H groups in total. The third-order valence-corrected chi connectivity index (χ3v) is 5.57. The second-order valence-corrected chi connectivity index (χ2v) is 7.60. The third-order valence-electron chi connectivity index (χ3n) is 4.33. The molecule has 0 spiro atoms. The molecule has 0 bridgehead atoms. The van der Waals surface area contributed by atoms with Crippen molar-refractivity contribution in [1.29, 1.82) is 0 Å². The van der Waals surface area contributed by atoms with E-state index in [9.17, 15) is 9.90 Å². The minimum Gasteiger partial charge on any atom is -0.386 e. The molecule has 0 aromatic carbocycles. The van der Waals surface area contributed by atoms with E-state index in [1.54, 1.807) is 17.5 Å². The van der Waals surface area contributed by atoms with Crippen molar-refractivity contribution in [1.82, 2.24) is 10.3 Å². The Morgan fingerprint density at radius 3 is 3.00 bits per heavy atom. The molecule has 0 unspecified atom stereocenters. The van der Waals surface area contributed by atoms with E-state index in [1.165, 1.54) is 4.88 Å². The van der Waals surface area contributed by atoms with Crippen LogP contribution < -0.4 is 10.2 Å². The zero-order valence-corrected chi connectivity index (χ0v) is 14.8. The van der Waals surface area contributed by atoms with Crippen molar-refractivity contribution < 1.29 is 9.90 Å². The average Bonchev–Trinajstić information content (AvgIpc) is 3.21. The highest BCUT2D eigenvalue weighted by Crippen LogP contribution is 2.26. The number of carbonyl (C=O) groups is 1. The van der Waals surface area contributed by atoms with Crippen LogP contribution in [0.1, 0.15) is 41.4 Å². The van der Waals surface area contributed by atoms with Crippen LogP contribution in [-0.4, -0.2) is 41.2 Å². The molecule has 5 nitrogen and oxygen atoms in total. The van der Waals surface area contributed by atoms with Gasteiger partial charge in [0.25, 0.3) is 5.91 Å². The van der Waals surface area contributed by atoms with Crippen molar-refractivity contribution in [2.24, 2.45) is 0 Å². The summed E-state index contributed by atoms with van der Waals surface area (Å²) >= 11 is 1.60. The molecule has 24 heavy (non-hydrogen) atoms. The normalized spacial score (nSPS) is 20.6. The molecule has 3 heterocycles. The number of β-amino-alcohol motifs (C(OH)–C–C–N with tert-alkyl or cyclic N) is 1. The highest BCUT2D eigenvalue weighted by atomic mass is 32.1. The highest BCUT2D eigenvalue weighted by Gasteiger charge is 2.37. The van der Waals surface area contributed by atoms with E-state index in [-0.39, 0.29) is 12.5 Å². The zero-order valence-electron chi connectivity index (χ0n) is 14.0. The Morgan fingerprint density at radius 1 is 1.50 bits per heavy atom. The molecule has 3 rings (SSSR count). The average molecular weight is 345 g/mol. The fourth-order valence-corrected chi connectivity index (χ4v) is 3.76. The van der Waals surface area contributed by atoms with Crippen LogP contribution in [0.25, 0.3) is 0 Å². The van der Waals surface area contributed by atoms with Gasteiger partial charge >= 0.3 is 0 Å². The van der Waals surface area contributed by atoms with Crippen LogP contribution in [0.5, 0.6) is 0 Å².